The van der Waals surface area contributed by atoms with Crippen molar-refractivity contribution in [3.05, 3.63) is 52.0 Å². The van der Waals surface area contributed by atoms with E-state index in [-0.39, 0.29) is 11.9 Å². The first-order chi connectivity index (χ1) is 12.5. The number of carbonyl (C=O) groups is 1. The highest BCUT2D eigenvalue weighted by Gasteiger charge is 2.30. The largest absolute Gasteiger partial charge is 0.495 e. The van der Waals surface area contributed by atoms with Gasteiger partial charge in [0.05, 0.1) is 24.9 Å². The molecule has 1 aliphatic rings. The van der Waals surface area contributed by atoms with E-state index in [0.29, 0.717) is 33.7 Å². The lowest BCUT2D eigenvalue weighted by Gasteiger charge is -2.15. The molecule has 1 saturated heterocycles. The molecular formula is C18H19Cl2N3O3. The molecule has 1 heterocycles. The van der Waals surface area contributed by atoms with Crippen LogP contribution in [0.15, 0.2) is 36.4 Å². The van der Waals surface area contributed by atoms with Gasteiger partial charge in [-0.2, -0.15) is 0 Å². The van der Waals surface area contributed by atoms with Crippen LogP contribution in [0.3, 0.4) is 0 Å². The molecule has 0 bridgehead atoms. The first-order valence-electron chi connectivity index (χ1n) is 8.00. The molecular weight excluding hydrogens is 377 g/mol. The molecule has 0 saturated carbocycles. The van der Waals surface area contributed by atoms with Crippen LogP contribution in [0.4, 0.5) is 5.69 Å². The molecule has 0 radical (unpaired) electrons. The van der Waals surface area contributed by atoms with Crippen LogP contribution < -0.4 is 25.6 Å². The monoisotopic (exact) mass is 395 g/mol. The van der Waals surface area contributed by atoms with E-state index in [1.54, 1.807) is 12.1 Å². The number of benzene rings is 2. The summed E-state index contributed by atoms with van der Waals surface area (Å²) in [6.07, 6.45) is 0.598. The summed E-state index contributed by atoms with van der Waals surface area (Å²) in [5, 5.41) is 3.95. The molecule has 3 rings (SSSR count). The van der Waals surface area contributed by atoms with E-state index in [9.17, 15) is 4.79 Å². The maximum Gasteiger partial charge on any atom is 0.243 e. The van der Waals surface area contributed by atoms with Gasteiger partial charge < -0.3 is 14.8 Å². The molecule has 6 nitrogen and oxygen atoms in total. The summed E-state index contributed by atoms with van der Waals surface area (Å²) in [5.74, 6) is 0.736. The highest BCUT2D eigenvalue weighted by Crippen LogP contribution is 2.36. The number of hydrogen-bond acceptors (Lipinski definition) is 5. The van der Waals surface area contributed by atoms with Gasteiger partial charge in [-0.15, -0.1) is 0 Å². The van der Waals surface area contributed by atoms with Crippen molar-refractivity contribution in [2.24, 2.45) is 0 Å². The fourth-order valence-electron chi connectivity index (χ4n) is 2.82. The number of nitrogens with one attached hydrogen (secondary N) is 3. The number of amides is 1. The zero-order chi connectivity index (χ0) is 18.7. The van der Waals surface area contributed by atoms with Gasteiger partial charge in [0.1, 0.15) is 17.5 Å². The summed E-state index contributed by atoms with van der Waals surface area (Å²) in [6, 6.07) is 10.4. The molecule has 3 N–H and O–H groups in total. The van der Waals surface area contributed by atoms with Crippen molar-refractivity contribution < 1.29 is 14.3 Å². The van der Waals surface area contributed by atoms with Gasteiger partial charge in [-0.1, -0.05) is 35.3 Å². The van der Waals surface area contributed by atoms with Gasteiger partial charge >= 0.3 is 0 Å². The molecule has 26 heavy (non-hydrogen) atoms. The third-order valence-electron chi connectivity index (χ3n) is 4.22. The summed E-state index contributed by atoms with van der Waals surface area (Å²) >= 11 is 12.0. The third kappa shape index (κ3) is 4.04. The Morgan fingerprint density at radius 2 is 1.77 bits per heavy atom. The Bertz CT molecular complexity index is 799. The fourth-order valence-corrected chi connectivity index (χ4v) is 3.18. The van der Waals surface area contributed by atoms with Gasteiger partial charge in [0.2, 0.25) is 5.91 Å². The minimum atomic E-state index is -0.401. The van der Waals surface area contributed by atoms with E-state index in [1.807, 2.05) is 24.3 Å². The normalized spacial score (nSPS) is 19.2. The van der Waals surface area contributed by atoms with Crippen LogP contribution >= 0.6 is 23.2 Å². The van der Waals surface area contributed by atoms with Crippen molar-refractivity contribution in [3.8, 4) is 11.5 Å². The molecule has 1 fully saturated rings. The Morgan fingerprint density at radius 3 is 2.42 bits per heavy atom. The third-order valence-corrected chi connectivity index (χ3v) is 4.77. The second kappa shape index (κ2) is 8.14. The Kier molecular flexibility index (Phi) is 5.88. The molecule has 1 amide bonds. The van der Waals surface area contributed by atoms with Gasteiger partial charge in [0, 0.05) is 23.2 Å². The highest BCUT2D eigenvalue weighted by atomic mass is 35.5. The Balaban J connectivity index is 1.70. The second-order valence-electron chi connectivity index (χ2n) is 5.86. The predicted molar refractivity (Wildman–Crippen MR) is 102 cm³/mol. The van der Waals surface area contributed by atoms with Crippen LogP contribution in [0.25, 0.3) is 0 Å². The minimum Gasteiger partial charge on any atom is -0.495 e. The Labute approximate surface area is 161 Å². The molecule has 2 unspecified atom stereocenters. The number of anilines is 1. The topological polar surface area (TPSA) is 71.6 Å². The lowest BCUT2D eigenvalue weighted by atomic mass is 10.0. The van der Waals surface area contributed by atoms with Crippen LogP contribution in [0.1, 0.15) is 18.0 Å². The van der Waals surface area contributed by atoms with Crippen molar-refractivity contribution in [2.45, 2.75) is 18.5 Å². The van der Waals surface area contributed by atoms with Crippen LogP contribution in [-0.2, 0) is 4.79 Å². The molecule has 1 aliphatic heterocycles. The molecule has 138 valence electrons. The summed E-state index contributed by atoms with van der Waals surface area (Å²) in [7, 11) is 3.03. The molecule has 2 atom stereocenters. The van der Waals surface area contributed by atoms with Crippen molar-refractivity contribution in [3.63, 3.8) is 0 Å². The first-order valence-corrected chi connectivity index (χ1v) is 8.76. The minimum absolute atomic E-state index is 0.0182. The number of hydrazine groups is 1. The van der Waals surface area contributed by atoms with Crippen LogP contribution in [0.5, 0.6) is 11.5 Å². The van der Waals surface area contributed by atoms with Crippen LogP contribution in [-0.4, -0.2) is 26.2 Å². The number of ether oxygens (including phenoxy) is 2. The number of halogens is 2. The quantitative estimate of drug-likeness (QED) is 0.721. The zero-order valence-electron chi connectivity index (χ0n) is 14.3. The zero-order valence-corrected chi connectivity index (χ0v) is 15.8. The van der Waals surface area contributed by atoms with Gasteiger partial charge in [0.15, 0.2) is 0 Å². The smallest absolute Gasteiger partial charge is 0.243 e. The van der Waals surface area contributed by atoms with Gasteiger partial charge in [-0.25, -0.2) is 10.9 Å². The van der Waals surface area contributed by atoms with E-state index in [0.717, 1.165) is 5.56 Å². The molecule has 2 aromatic rings. The first kappa shape index (κ1) is 18.8. The highest BCUT2D eigenvalue weighted by molar-refractivity contribution is 6.32. The van der Waals surface area contributed by atoms with Crippen molar-refractivity contribution >= 4 is 34.8 Å². The summed E-state index contributed by atoms with van der Waals surface area (Å²) < 4.78 is 10.5. The SMILES string of the molecule is COc1cc(NC(=O)C2CC(c3ccc(Cl)cc3)NN2)c(OC)cc1Cl. The number of rotatable bonds is 5. The number of hydrogen-bond donors (Lipinski definition) is 3. The van der Waals surface area contributed by atoms with Crippen molar-refractivity contribution in [2.75, 3.05) is 19.5 Å². The van der Waals surface area contributed by atoms with E-state index in [1.165, 1.54) is 14.2 Å². The fraction of sp³-hybridized carbons (Fsp3) is 0.278. The predicted octanol–water partition coefficient (Wildman–Crippen LogP) is 3.56. The maximum absolute atomic E-state index is 12.6. The summed E-state index contributed by atoms with van der Waals surface area (Å²) in [6.45, 7) is 0. The number of methoxy groups -OCH3 is 2. The van der Waals surface area contributed by atoms with E-state index in [2.05, 4.69) is 16.2 Å². The molecule has 2 aromatic carbocycles. The van der Waals surface area contributed by atoms with Crippen molar-refractivity contribution in [1.82, 2.24) is 10.9 Å². The van der Waals surface area contributed by atoms with Crippen LogP contribution in [0.2, 0.25) is 10.0 Å². The maximum atomic E-state index is 12.6. The number of carbonyl (C=O) groups excluding carboxylic acids is 1. The van der Waals surface area contributed by atoms with Gasteiger partial charge in [0.25, 0.3) is 0 Å². The Hall–Kier alpha value is -1.99. The average Bonchev–Trinajstić information content (AvgIpc) is 3.13. The van der Waals surface area contributed by atoms with E-state index < -0.39 is 6.04 Å². The molecule has 0 spiro atoms. The standard InChI is InChI=1S/C18H19Cl2N3O3/c1-25-16-9-14(17(26-2)7-12(16)20)21-18(24)15-8-13(22-23-15)10-3-5-11(19)6-4-10/h3-7,9,13,15,22-23H,8H2,1-2H3,(H,21,24). The molecule has 0 aliphatic carbocycles. The summed E-state index contributed by atoms with van der Waals surface area (Å²) in [5.41, 5.74) is 7.72. The van der Waals surface area contributed by atoms with Gasteiger partial charge in [-0.05, 0) is 24.1 Å². The van der Waals surface area contributed by atoms with Crippen molar-refractivity contribution in [1.29, 1.82) is 0 Å². The van der Waals surface area contributed by atoms with Gasteiger partial charge in [-0.3, -0.25) is 4.79 Å². The summed E-state index contributed by atoms with van der Waals surface area (Å²) in [4.78, 5) is 12.6. The average molecular weight is 396 g/mol. The van der Waals surface area contributed by atoms with Crippen LogP contribution in [0, 0.1) is 0 Å². The second-order valence-corrected chi connectivity index (χ2v) is 6.70. The Morgan fingerprint density at radius 1 is 1.08 bits per heavy atom. The lowest BCUT2D eigenvalue weighted by Crippen LogP contribution is -2.39. The molecule has 0 aromatic heterocycles. The lowest BCUT2D eigenvalue weighted by molar-refractivity contribution is -0.117. The molecule has 8 heteroatoms. The van der Waals surface area contributed by atoms with E-state index >= 15 is 0 Å². The van der Waals surface area contributed by atoms with E-state index in [4.69, 9.17) is 32.7 Å².